The van der Waals surface area contributed by atoms with Crippen molar-refractivity contribution < 1.29 is 0 Å². The van der Waals surface area contributed by atoms with Crippen LogP contribution < -0.4 is 5.32 Å². The number of aromatic nitrogens is 2. The first-order chi connectivity index (χ1) is 8.11. The third-order valence-corrected chi connectivity index (χ3v) is 4.12. The van der Waals surface area contributed by atoms with E-state index in [0.29, 0.717) is 6.04 Å². The highest BCUT2D eigenvalue weighted by Gasteiger charge is 2.28. The molecule has 0 spiro atoms. The quantitative estimate of drug-likeness (QED) is 0.873. The Labute approximate surface area is 105 Å². The van der Waals surface area contributed by atoms with Crippen molar-refractivity contribution in [3.8, 4) is 0 Å². The van der Waals surface area contributed by atoms with Crippen LogP contribution in [0.1, 0.15) is 50.0 Å². The molecule has 1 heterocycles. The third-order valence-electron chi connectivity index (χ3n) is 4.12. The number of aryl methyl sites for hydroxylation is 2. The second-order valence-electron chi connectivity index (χ2n) is 5.63. The van der Waals surface area contributed by atoms with E-state index in [2.05, 4.69) is 44.4 Å². The second-order valence-corrected chi connectivity index (χ2v) is 5.63. The first-order valence-electron chi connectivity index (χ1n) is 6.79. The summed E-state index contributed by atoms with van der Waals surface area (Å²) in [6, 6.07) is 2.68. The largest absolute Gasteiger partial charge is 0.311 e. The molecule has 0 aromatic carbocycles. The molecular weight excluding hydrogens is 210 g/mol. The third kappa shape index (κ3) is 2.71. The normalized spacial score (nSPS) is 27.1. The molecule has 1 aliphatic rings. The number of rotatable bonds is 3. The van der Waals surface area contributed by atoms with Crippen LogP contribution in [-0.4, -0.2) is 16.8 Å². The molecule has 1 saturated carbocycles. The van der Waals surface area contributed by atoms with Gasteiger partial charge in [0.2, 0.25) is 0 Å². The molecule has 1 aromatic rings. The van der Waals surface area contributed by atoms with E-state index in [4.69, 9.17) is 0 Å². The number of hydrogen-bond donors (Lipinski definition) is 1. The van der Waals surface area contributed by atoms with Gasteiger partial charge in [-0.25, -0.2) is 0 Å². The van der Waals surface area contributed by atoms with Gasteiger partial charge in [-0.1, -0.05) is 19.8 Å². The van der Waals surface area contributed by atoms with Gasteiger partial charge in [-0.3, -0.25) is 4.68 Å². The van der Waals surface area contributed by atoms with Gasteiger partial charge in [0.15, 0.2) is 0 Å². The lowest BCUT2D eigenvalue weighted by molar-refractivity contribution is 0.224. The van der Waals surface area contributed by atoms with Gasteiger partial charge in [-0.2, -0.15) is 5.10 Å². The Morgan fingerprint density at radius 1 is 1.47 bits per heavy atom. The van der Waals surface area contributed by atoms with E-state index in [9.17, 15) is 0 Å². The van der Waals surface area contributed by atoms with Crippen LogP contribution >= 0.6 is 0 Å². The Morgan fingerprint density at radius 2 is 2.24 bits per heavy atom. The second kappa shape index (κ2) is 5.21. The summed E-state index contributed by atoms with van der Waals surface area (Å²) < 4.78 is 2.04. The minimum atomic E-state index is 0.462. The highest BCUT2D eigenvalue weighted by molar-refractivity contribution is 5.14. The molecule has 2 rings (SSSR count). The zero-order valence-corrected chi connectivity index (χ0v) is 11.5. The van der Waals surface area contributed by atoms with Gasteiger partial charge in [0.25, 0.3) is 0 Å². The van der Waals surface area contributed by atoms with Gasteiger partial charge in [0, 0.05) is 7.05 Å². The van der Waals surface area contributed by atoms with Gasteiger partial charge in [0.05, 0.1) is 17.4 Å². The van der Waals surface area contributed by atoms with Crippen molar-refractivity contribution >= 4 is 0 Å². The highest BCUT2D eigenvalue weighted by Crippen LogP contribution is 2.36. The van der Waals surface area contributed by atoms with Crippen molar-refractivity contribution in [2.75, 3.05) is 7.05 Å². The molecule has 3 heteroatoms. The van der Waals surface area contributed by atoms with Crippen LogP contribution in [0.4, 0.5) is 0 Å². The van der Waals surface area contributed by atoms with Crippen LogP contribution in [0.5, 0.6) is 0 Å². The van der Waals surface area contributed by atoms with Gasteiger partial charge in [-0.15, -0.1) is 0 Å². The summed E-state index contributed by atoms with van der Waals surface area (Å²) in [5.74, 6) is 1.64. The van der Waals surface area contributed by atoms with Gasteiger partial charge < -0.3 is 5.32 Å². The number of hydrogen-bond acceptors (Lipinski definition) is 2. The predicted octanol–water partition coefficient (Wildman–Crippen LogP) is 2.82. The number of nitrogens with zero attached hydrogens (tertiary/aromatic N) is 2. The fourth-order valence-corrected chi connectivity index (χ4v) is 3.33. The first-order valence-corrected chi connectivity index (χ1v) is 6.79. The molecule has 0 radical (unpaired) electrons. The van der Waals surface area contributed by atoms with Crippen LogP contribution in [0.2, 0.25) is 0 Å². The molecule has 1 aromatic heterocycles. The van der Waals surface area contributed by atoms with E-state index in [1.165, 1.54) is 31.4 Å². The van der Waals surface area contributed by atoms with Gasteiger partial charge in [-0.05, 0) is 44.7 Å². The maximum atomic E-state index is 4.47. The fraction of sp³-hybridized carbons (Fsp3) is 0.786. The van der Waals surface area contributed by atoms with E-state index in [0.717, 1.165) is 17.5 Å². The maximum Gasteiger partial charge on any atom is 0.0597 e. The summed E-state index contributed by atoms with van der Waals surface area (Å²) in [5.41, 5.74) is 2.45. The lowest BCUT2D eigenvalue weighted by atomic mass is 9.77. The summed E-state index contributed by atoms with van der Waals surface area (Å²) in [5, 5.41) is 7.97. The molecule has 1 fully saturated rings. The molecule has 0 saturated heterocycles. The zero-order valence-electron chi connectivity index (χ0n) is 11.5. The Bertz CT molecular complexity index is 370. The van der Waals surface area contributed by atoms with Crippen molar-refractivity contribution in [3.63, 3.8) is 0 Å². The predicted molar refractivity (Wildman–Crippen MR) is 70.9 cm³/mol. The van der Waals surface area contributed by atoms with Crippen LogP contribution in [-0.2, 0) is 7.05 Å². The number of nitrogens with one attached hydrogen (secondary N) is 1. The Morgan fingerprint density at radius 3 is 2.76 bits per heavy atom. The summed E-state index contributed by atoms with van der Waals surface area (Å²) in [7, 11) is 4.13. The van der Waals surface area contributed by atoms with Crippen molar-refractivity contribution in [1.82, 2.24) is 15.1 Å². The highest BCUT2D eigenvalue weighted by atomic mass is 15.3. The van der Waals surface area contributed by atoms with Crippen LogP contribution in [0, 0.1) is 18.8 Å². The van der Waals surface area contributed by atoms with Crippen LogP contribution in [0.3, 0.4) is 0 Å². The molecule has 0 bridgehead atoms. The Balaban J connectivity index is 2.18. The zero-order chi connectivity index (χ0) is 12.4. The molecule has 1 N–H and O–H groups in total. The van der Waals surface area contributed by atoms with E-state index >= 15 is 0 Å². The lowest BCUT2D eigenvalue weighted by Crippen LogP contribution is -2.30. The summed E-state index contributed by atoms with van der Waals surface area (Å²) in [6.07, 6.45) is 5.47. The lowest BCUT2D eigenvalue weighted by Gasteiger charge is -2.33. The smallest absolute Gasteiger partial charge is 0.0597 e. The average molecular weight is 235 g/mol. The van der Waals surface area contributed by atoms with E-state index in [1.54, 1.807) is 0 Å². The fourth-order valence-electron chi connectivity index (χ4n) is 3.33. The molecule has 0 aliphatic heterocycles. The Kier molecular flexibility index (Phi) is 3.87. The van der Waals surface area contributed by atoms with Crippen molar-refractivity contribution in [3.05, 3.63) is 17.5 Å². The summed E-state index contributed by atoms with van der Waals surface area (Å²) in [4.78, 5) is 0. The van der Waals surface area contributed by atoms with Gasteiger partial charge >= 0.3 is 0 Å². The maximum absolute atomic E-state index is 4.47. The van der Waals surface area contributed by atoms with E-state index in [-0.39, 0.29) is 0 Å². The summed E-state index contributed by atoms with van der Waals surface area (Å²) >= 11 is 0. The van der Waals surface area contributed by atoms with Crippen LogP contribution in [0.25, 0.3) is 0 Å². The van der Waals surface area contributed by atoms with Gasteiger partial charge in [0.1, 0.15) is 0 Å². The Hall–Kier alpha value is -0.830. The van der Waals surface area contributed by atoms with E-state index < -0.39 is 0 Å². The standard InChI is InChI=1S/C14H25N3/c1-10-6-5-7-12(8-10)14(15-3)13-9-11(2)16-17(13)4/h9-10,12,14-15H,5-8H2,1-4H3. The monoisotopic (exact) mass is 235 g/mol. The average Bonchev–Trinajstić information content (AvgIpc) is 2.59. The minimum absolute atomic E-state index is 0.462. The SMILES string of the molecule is CNC(c1cc(C)nn1C)C1CCCC(C)C1. The molecule has 3 unspecified atom stereocenters. The summed E-state index contributed by atoms with van der Waals surface area (Å²) in [6.45, 7) is 4.45. The van der Waals surface area contributed by atoms with Crippen LogP contribution in [0.15, 0.2) is 6.07 Å². The van der Waals surface area contributed by atoms with Crippen molar-refractivity contribution in [2.24, 2.45) is 18.9 Å². The van der Waals surface area contributed by atoms with E-state index in [1.807, 2.05) is 4.68 Å². The molecule has 3 atom stereocenters. The first kappa shape index (κ1) is 12.6. The molecule has 3 nitrogen and oxygen atoms in total. The molecule has 17 heavy (non-hydrogen) atoms. The molecule has 1 aliphatic carbocycles. The topological polar surface area (TPSA) is 29.9 Å². The van der Waals surface area contributed by atoms with Crippen molar-refractivity contribution in [2.45, 2.75) is 45.6 Å². The molecule has 96 valence electrons. The molecule has 0 amide bonds. The molecular formula is C14H25N3. The minimum Gasteiger partial charge on any atom is -0.311 e. The van der Waals surface area contributed by atoms with Crippen molar-refractivity contribution in [1.29, 1.82) is 0 Å².